The Kier molecular flexibility index (Phi) is 3.62. The molecule has 1 aliphatic carbocycles. The van der Waals surface area contributed by atoms with Crippen LogP contribution in [0.15, 0.2) is 24.3 Å². The lowest BCUT2D eigenvalue weighted by molar-refractivity contribution is -0.122. The number of ether oxygens (including phenoxy) is 1. The summed E-state index contributed by atoms with van der Waals surface area (Å²) in [7, 11) is -1.61. The zero-order valence-corrected chi connectivity index (χ0v) is 12.6. The minimum absolute atomic E-state index is 0.165. The van der Waals surface area contributed by atoms with Gasteiger partial charge in [0, 0.05) is 13.1 Å². The molecule has 7 heteroatoms. The monoisotopic (exact) mass is 310 g/mol. The number of nitrogens with zero attached hydrogens (tertiary/aromatic N) is 1. The maximum atomic E-state index is 12.1. The fraction of sp³-hybridized carbons (Fsp3) is 0.500. The van der Waals surface area contributed by atoms with Crippen molar-refractivity contribution in [1.82, 2.24) is 4.31 Å². The van der Waals surface area contributed by atoms with E-state index >= 15 is 0 Å². The fourth-order valence-corrected chi connectivity index (χ4v) is 4.30. The first-order valence-corrected chi connectivity index (χ1v) is 8.45. The quantitative estimate of drug-likeness (QED) is 0.882. The molecule has 1 N–H and O–H groups in total. The van der Waals surface area contributed by atoms with Crippen LogP contribution in [0.3, 0.4) is 0 Å². The van der Waals surface area contributed by atoms with Crippen LogP contribution in [-0.4, -0.2) is 44.1 Å². The smallest absolute Gasteiger partial charge is 0.230 e. The number of anilines is 1. The third-order valence-electron chi connectivity index (χ3n) is 3.89. The lowest BCUT2D eigenvalue weighted by Crippen LogP contribution is -2.55. The van der Waals surface area contributed by atoms with Crippen molar-refractivity contribution in [3.8, 4) is 5.75 Å². The van der Waals surface area contributed by atoms with Gasteiger partial charge in [0.15, 0.2) is 0 Å². The van der Waals surface area contributed by atoms with E-state index in [0.29, 0.717) is 11.4 Å². The van der Waals surface area contributed by atoms with Crippen molar-refractivity contribution in [2.75, 3.05) is 25.5 Å². The van der Waals surface area contributed by atoms with Crippen LogP contribution >= 0.6 is 0 Å². The molecule has 0 spiro atoms. The van der Waals surface area contributed by atoms with Gasteiger partial charge in [-0.1, -0.05) is 12.1 Å². The molecule has 6 nitrogen and oxygen atoms in total. The predicted molar refractivity (Wildman–Crippen MR) is 78.6 cm³/mol. The number of rotatable bonds is 5. The largest absolute Gasteiger partial charge is 0.495 e. The Labute approximate surface area is 124 Å². The van der Waals surface area contributed by atoms with Gasteiger partial charge in [-0.2, -0.15) is 4.31 Å². The molecule has 1 saturated carbocycles. The molecular weight excluding hydrogens is 292 g/mol. The molecule has 1 aliphatic heterocycles. The van der Waals surface area contributed by atoms with Crippen molar-refractivity contribution in [2.45, 2.75) is 18.1 Å². The van der Waals surface area contributed by atoms with Crippen molar-refractivity contribution in [1.29, 1.82) is 0 Å². The molecule has 2 fully saturated rings. The molecule has 21 heavy (non-hydrogen) atoms. The first kappa shape index (κ1) is 14.3. The number of hydrogen-bond acceptors (Lipinski definition) is 4. The molecule has 1 saturated heterocycles. The van der Waals surface area contributed by atoms with Gasteiger partial charge in [0.05, 0.1) is 24.0 Å². The molecule has 0 unspecified atom stereocenters. The van der Waals surface area contributed by atoms with Gasteiger partial charge >= 0.3 is 0 Å². The van der Waals surface area contributed by atoms with Gasteiger partial charge in [0.25, 0.3) is 0 Å². The van der Waals surface area contributed by atoms with E-state index in [2.05, 4.69) is 5.32 Å². The van der Waals surface area contributed by atoms with Crippen molar-refractivity contribution < 1.29 is 17.9 Å². The summed E-state index contributed by atoms with van der Waals surface area (Å²) in [5, 5.41) is 2.58. The van der Waals surface area contributed by atoms with Crippen molar-refractivity contribution in [2.24, 2.45) is 5.92 Å². The SMILES string of the molecule is COc1ccccc1NC(=O)C1CN(S(=O)(=O)C2CC2)C1. The number of carbonyl (C=O) groups excluding carboxylic acids is 1. The minimum Gasteiger partial charge on any atom is -0.495 e. The Hall–Kier alpha value is -1.60. The van der Waals surface area contributed by atoms with E-state index in [-0.39, 0.29) is 30.2 Å². The Bertz CT molecular complexity index is 649. The van der Waals surface area contributed by atoms with Crippen LogP contribution < -0.4 is 10.1 Å². The zero-order chi connectivity index (χ0) is 15.0. The van der Waals surface area contributed by atoms with Gasteiger partial charge in [0.1, 0.15) is 5.75 Å². The lowest BCUT2D eigenvalue weighted by atomic mass is 10.0. The van der Waals surface area contributed by atoms with E-state index in [9.17, 15) is 13.2 Å². The molecule has 0 radical (unpaired) electrons. The highest BCUT2D eigenvalue weighted by Crippen LogP contribution is 2.35. The first-order chi connectivity index (χ1) is 10.0. The highest BCUT2D eigenvalue weighted by Gasteiger charge is 2.46. The van der Waals surface area contributed by atoms with E-state index in [0.717, 1.165) is 12.8 Å². The number of carbonyl (C=O) groups is 1. The minimum atomic E-state index is -3.15. The van der Waals surface area contributed by atoms with E-state index in [4.69, 9.17) is 4.74 Å². The van der Waals surface area contributed by atoms with E-state index < -0.39 is 10.0 Å². The summed E-state index contributed by atoms with van der Waals surface area (Å²) < 4.78 is 30.5. The van der Waals surface area contributed by atoms with Gasteiger partial charge in [-0.25, -0.2) is 8.42 Å². The van der Waals surface area contributed by atoms with Crippen LogP contribution in [0.25, 0.3) is 0 Å². The summed E-state index contributed by atoms with van der Waals surface area (Å²) in [6.45, 7) is 0.555. The molecule has 1 aromatic rings. The van der Waals surface area contributed by atoms with Crippen LogP contribution in [0.5, 0.6) is 5.75 Å². The number of hydrogen-bond donors (Lipinski definition) is 1. The van der Waals surface area contributed by atoms with Crippen LogP contribution in [-0.2, 0) is 14.8 Å². The van der Waals surface area contributed by atoms with Crippen LogP contribution in [0, 0.1) is 5.92 Å². The number of nitrogens with one attached hydrogen (secondary N) is 1. The molecule has 0 atom stereocenters. The average Bonchev–Trinajstić information content (AvgIpc) is 3.21. The maximum absolute atomic E-state index is 12.1. The average molecular weight is 310 g/mol. The third-order valence-corrected chi connectivity index (χ3v) is 6.22. The summed E-state index contributed by atoms with van der Waals surface area (Å²) in [6, 6.07) is 7.15. The second kappa shape index (κ2) is 5.31. The molecule has 1 amide bonds. The topological polar surface area (TPSA) is 75.7 Å². The van der Waals surface area contributed by atoms with E-state index in [1.807, 2.05) is 12.1 Å². The lowest BCUT2D eigenvalue weighted by Gasteiger charge is -2.37. The van der Waals surface area contributed by atoms with Gasteiger partial charge in [-0.05, 0) is 25.0 Å². The normalized spacial score (nSPS) is 19.9. The van der Waals surface area contributed by atoms with Gasteiger partial charge in [-0.15, -0.1) is 0 Å². The molecule has 0 bridgehead atoms. The Balaban J connectivity index is 1.58. The fourth-order valence-electron chi connectivity index (χ4n) is 2.37. The number of para-hydroxylation sites is 2. The van der Waals surface area contributed by atoms with Crippen molar-refractivity contribution >= 4 is 21.6 Å². The van der Waals surface area contributed by atoms with Crippen molar-refractivity contribution in [3.63, 3.8) is 0 Å². The molecule has 2 aliphatic rings. The first-order valence-electron chi connectivity index (χ1n) is 6.95. The molecule has 114 valence electrons. The molecule has 1 aromatic carbocycles. The van der Waals surface area contributed by atoms with Crippen LogP contribution in [0.1, 0.15) is 12.8 Å². The number of sulfonamides is 1. The molecule has 3 rings (SSSR count). The van der Waals surface area contributed by atoms with Crippen molar-refractivity contribution in [3.05, 3.63) is 24.3 Å². The number of benzene rings is 1. The highest BCUT2D eigenvalue weighted by molar-refractivity contribution is 7.90. The summed E-state index contributed by atoms with van der Waals surface area (Å²) in [5.41, 5.74) is 0.605. The predicted octanol–water partition coefficient (Wildman–Crippen LogP) is 1.06. The second-order valence-electron chi connectivity index (χ2n) is 5.45. The highest BCUT2D eigenvalue weighted by atomic mass is 32.2. The third kappa shape index (κ3) is 2.75. The van der Waals surface area contributed by atoms with Crippen LogP contribution in [0.2, 0.25) is 0 Å². The number of methoxy groups -OCH3 is 1. The number of amides is 1. The van der Waals surface area contributed by atoms with Gasteiger partial charge < -0.3 is 10.1 Å². The zero-order valence-electron chi connectivity index (χ0n) is 11.8. The summed E-state index contributed by atoms with van der Waals surface area (Å²) in [5.74, 6) is 0.137. The molecule has 0 aromatic heterocycles. The summed E-state index contributed by atoms with van der Waals surface area (Å²) in [6.07, 6.45) is 1.49. The van der Waals surface area contributed by atoms with E-state index in [1.165, 1.54) is 11.4 Å². The second-order valence-corrected chi connectivity index (χ2v) is 7.66. The van der Waals surface area contributed by atoms with Crippen LogP contribution in [0.4, 0.5) is 5.69 Å². The van der Waals surface area contributed by atoms with Gasteiger partial charge in [0.2, 0.25) is 15.9 Å². The standard InChI is InChI=1S/C14H18N2O4S/c1-20-13-5-3-2-4-12(13)15-14(17)10-8-16(9-10)21(18,19)11-6-7-11/h2-5,10-11H,6-9H2,1H3,(H,15,17). The van der Waals surface area contributed by atoms with Gasteiger partial charge in [-0.3, -0.25) is 4.79 Å². The Morgan fingerprint density at radius 1 is 1.29 bits per heavy atom. The van der Waals surface area contributed by atoms with E-state index in [1.54, 1.807) is 12.1 Å². The Morgan fingerprint density at radius 3 is 2.57 bits per heavy atom. The Morgan fingerprint density at radius 2 is 1.95 bits per heavy atom. The summed E-state index contributed by atoms with van der Waals surface area (Å²) in [4.78, 5) is 12.1. The molecule has 1 heterocycles. The maximum Gasteiger partial charge on any atom is 0.230 e. The summed E-state index contributed by atoms with van der Waals surface area (Å²) >= 11 is 0. The molecular formula is C14H18N2O4S.